The third-order valence-corrected chi connectivity index (χ3v) is 5.31. The summed E-state index contributed by atoms with van der Waals surface area (Å²) in [6, 6.07) is 19.5. The van der Waals surface area contributed by atoms with E-state index in [4.69, 9.17) is 0 Å². The molecule has 6 heteroatoms. The number of hydrogen-bond donors (Lipinski definition) is 3. The van der Waals surface area contributed by atoms with Crippen LogP contribution in [0.5, 0.6) is 0 Å². The van der Waals surface area contributed by atoms with Gasteiger partial charge < -0.3 is 15.7 Å². The minimum absolute atomic E-state index is 0.512. The van der Waals surface area contributed by atoms with E-state index in [9.17, 15) is 9.32 Å². The van der Waals surface area contributed by atoms with E-state index < -0.39 is 16.9 Å². The summed E-state index contributed by atoms with van der Waals surface area (Å²) in [4.78, 5) is 4.50. The van der Waals surface area contributed by atoms with Gasteiger partial charge >= 0.3 is 0 Å². The van der Waals surface area contributed by atoms with Crippen molar-refractivity contribution in [3.63, 3.8) is 0 Å². The Balaban J connectivity index is 1.73. The van der Waals surface area contributed by atoms with Crippen molar-refractivity contribution in [2.24, 2.45) is 4.99 Å². The third-order valence-electron chi connectivity index (χ3n) is 3.99. The molecule has 0 saturated carbocycles. The van der Waals surface area contributed by atoms with Crippen LogP contribution in [0.4, 0.5) is 0 Å². The maximum Gasteiger partial charge on any atom is 0.191 e. The number of hydrogen-bond acceptors (Lipinski definition) is 3. The number of aliphatic hydroxyl groups is 1. The Morgan fingerprint density at radius 3 is 2.41 bits per heavy atom. The van der Waals surface area contributed by atoms with Crippen molar-refractivity contribution in [1.29, 1.82) is 0 Å². The largest absolute Gasteiger partial charge is 0.388 e. The Bertz CT molecular complexity index is 708. The van der Waals surface area contributed by atoms with Gasteiger partial charge in [0, 0.05) is 41.9 Å². The Morgan fingerprint density at radius 1 is 1.07 bits per heavy atom. The molecule has 0 aliphatic carbocycles. The molecule has 2 aromatic carbocycles. The van der Waals surface area contributed by atoms with Crippen LogP contribution in [-0.4, -0.2) is 40.7 Å². The second-order valence-electron chi connectivity index (χ2n) is 6.18. The van der Waals surface area contributed by atoms with Crippen LogP contribution in [0.25, 0.3) is 0 Å². The second kappa shape index (κ2) is 12.3. The predicted molar refractivity (Wildman–Crippen MR) is 113 cm³/mol. The monoisotopic (exact) mass is 387 g/mol. The Hall–Kier alpha value is -2.18. The fourth-order valence-corrected chi connectivity index (χ4v) is 3.64. The summed E-state index contributed by atoms with van der Waals surface area (Å²) in [7, 11) is -0.915. The highest BCUT2D eigenvalue weighted by atomic mass is 32.2. The molecule has 2 unspecified atom stereocenters. The molecule has 0 aliphatic rings. The zero-order chi connectivity index (χ0) is 19.3. The molecule has 0 fully saturated rings. The molecule has 0 radical (unpaired) electrons. The van der Waals surface area contributed by atoms with Gasteiger partial charge in [0.25, 0.3) is 0 Å². The van der Waals surface area contributed by atoms with Crippen molar-refractivity contribution in [2.45, 2.75) is 25.2 Å². The van der Waals surface area contributed by atoms with Gasteiger partial charge in [0.1, 0.15) is 0 Å². The molecule has 0 heterocycles. The fraction of sp³-hybridized carbons (Fsp3) is 0.381. The molecule has 0 bridgehead atoms. The van der Waals surface area contributed by atoms with Crippen LogP contribution >= 0.6 is 0 Å². The maximum absolute atomic E-state index is 12.2. The number of aliphatic hydroxyl groups excluding tert-OH is 1. The standard InChI is InChI=1S/C21H29N3O2S/c1-2-22-21(23-14-13-20(25)19-11-7-4-8-12-19)24-15-16-27(26)17-18-9-5-3-6-10-18/h3-12,20,25H,2,13-17H2,1H3,(H2,22,23,24). The van der Waals surface area contributed by atoms with E-state index >= 15 is 0 Å². The average molecular weight is 388 g/mol. The maximum atomic E-state index is 12.2. The topological polar surface area (TPSA) is 73.7 Å². The molecule has 0 amide bonds. The zero-order valence-electron chi connectivity index (χ0n) is 15.8. The Morgan fingerprint density at radius 2 is 1.74 bits per heavy atom. The summed E-state index contributed by atoms with van der Waals surface area (Å²) >= 11 is 0. The van der Waals surface area contributed by atoms with Gasteiger partial charge in [0.05, 0.1) is 6.10 Å². The number of nitrogens with zero attached hydrogens (tertiary/aromatic N) is 1. The molecule has 2 aromatic rings. The van der Waals surface area contributed by atoms with Gasteiger partial charge in [-0.15, -0.1) is 0 Å². The summed E-state index contributed by atoms with van der Waals surface area (Å²) in [5, 5.41) is 16.6. The molecule has 3 N–H and O–H groups in total. The Labute approximate surface area is 164 Å². The summed E-state index contributed by atoms with van der Waals surface area (Å²) in [6.07, 6.45) is 0.0387. The minimum Gasteiger partial charge on any atom is -0.388 e. The van der Waals surface area contributed by atoms with Gasteiger partial charge in [-0.25, -0.2) is 0 Å². The van der Waals surface area contributed by atoms with Crippen LogP contribution in [-0.2, 0) is 16.6 Å². The SMILES string of the molecule is CCNC(=NCCC(O)c1ccccc1)NCCS(=O)Cc1ccccc1. The van der Waals surface area contributed by atoms with E-state index in [1.165, 1.54) is 0 Å². The lowest BCUT2D eigenvalue weighted by molar-refractivity contribution is 0.170. The minimum atomic E-state index is -0.915. The number of guanidine groups is 1. The lowest BCUT2D eigenvalue weighted by atomic mass is 10.1. The number of aliphatic imine (C=N–C) groups is 1. The lowest BCUT2D eigenvalue weighted by Crippen LogP contribution is -2.39. The summed E-state index contributed by atoms with van der Waals surface area (Å²) < 4.78 is 12.2. The second-order valence-corrected chi connectivity index (χ2v) is 7.75. The van der Waals surface area contributed by atoms with Gasteiger partial charge in [-0.3, -0.25) is 9.20 Å². The molecule has 5 nitrogen and oxygen atoms in total. The van der Waals surface area contributed by atoms with E-state index in [-0.39, 0.29) is 0 Å². The molecule has 0 aromatic heterocycles. The summed E-state index contributed by atoms with van der Waals surface area (Å²) in [5.41, 5.74) is 1.99. The van der Waals surface area contributed by atoms with Gasteiger partial charge in [-0.2, -0.15) is 0 Å². The van der Waals surface area contributed by atoms with E-state index in [2.05, 4.69) is 15.6 Å². The van der Waals surface area contributed by atoms with Gasteiger partial charge in [0.15, 0.2) is 5.96 Å². The third kappa shape index (κ3) is 8.37. The van der Waals surface area contributed by atoms with Crippen LogP contribution in [0.3, 0.4) is 0 Å². The van der Waals surface area contributed by atoms with Crippen molar-refractivity contribution in [2.75, 3.05) is 25.4 Å². The highest BCUT2D eigenvalue weighted by Crippen LogP contribution is 2.15. The van der Waals surface area contributed by atoms with E-state index in [0.717, 1.165) is 17.7 Å². The fourth-order valence-electron chi connectivity index (χ4n) is 2.60. The van der Waals surface area contributed by atoms with Gasteiger partial charge in [-0.05, 0) is 24.5 Å². The van der Waals surface area contributed by atoms with Crippen molar-refractivity contribution in [3.05, 3.63) is 71.8 Å². The first-order valence-corrected chi connectivity index (χ1v) is 10.8. The molecule has 0 aliphatic heterocycles. The molecule has 2 atom stereocenters. The normalized spacial score (nSPS) is 13.8. The lowest BCUT2D eigenvalue weighted by Gasteiger charge is -2.13. The van der Waals surface area contributed by atoms with E-state index in [1.54, 1.807) is 0 Å². The van der Waals surface area contributed by atoms with Gasteiger partial charge in [0.2, 0.25) is 0 Å². The molecule has 27 heavy (non-hydrogen) atoms. The first kappa shape index (κ1) is 21.1. The van der Waals surface area contributed by atoms with Crippen molar-refractivity contribution >= 4 is 16.8 Å². The first-order valence-electron chi connectivity index (χ1n) is 9.33. The smallest absolute Gasteiger partial charge is 0.191 e. The molecule has 0 spiro atoms. The van der Waals surface area contributed by atoms with Crippen LogP contribution in [0.2, 0.25) is 0 Å². The zero-order valence-corrected chi connectivity index (χ0v) is 16.6. The average Bonchev–Trinajstić information content (AvgIpc) is 2.69. The highest BCUT2D eigenvalue weighted by molar-refractivity contribution is 7.84. The van der Waals surface area contributed by atoms with Crippen LogP contribution in [0.15, 0.2) is 65.7 Å². The van der Waals surface area contributed by atoms with Crippen molar-refractivity contribution in [1.82, 2.24) is 10.6 Å². The summed E-state index contributed by atoms with van der Waals surface area (Å²) in [6.45, 7) is 3.86. The highest BCUT2D eigenvalue weighted by Gasteiger charge is 2.07. The van der Waals surface area contributed by atoms with Crippen LogP contribution in [0, 0.1) is 0 Å². The molecule has 0 saturated heterocycles. The van der Waals surface area contributed by atoms with Gasteiger partial charge in [-0.1, -0.05) is 60.7 Å². The first-order chi connectivity index (χ1) is 13.2. The number of rotatable bonds is 10. The molecule has 146 valence electrons. The molecule has 2 rings (SSSR count). The Kier molecular flexibility index (Phi) is 9.58. The predicted octanol–water partition coefficient (Wildman–Crippen LogP) is 2.61. The van der Waals surface area contributed by atoms with Crippen LogP contribution in [0.1, 0.15) is 30.6 Å². The van der Waals surface area contributed by atoms with Crippen LogP contribution < -0.4 is 10.6 Å². The molecular formula is C21H29N3O2S. The van der Waals surface area contributed by atoms with E-state index in [0.29, 0.717) is 37.0 Å². The number of nitrogens with one attached hydrogen (secondary N) is 2. The molecular weight excluding hydrogens is 358 g/mol. The van der Waals surface area contributed by atoms with Crippen molar-refractivity contribution < 1.29 is 9.32 Å². The summed E-state index contributed by atoms with van der Waals surface area (Å²) in [5.74, 6) is 1.82. The number of benzene rings is 2. The van der Waals surface area contributed by atoms with Crippen molar-refractivity contribution in [3.8, 4) is 0 Å². The van der Waals surface area contributed by atoms with E-state index in [1.807, 2.05) is 67.6 Å². The quantitative estimate of drug-likeness (QED) is 0.433.